The molecule has 7 heteroatoms. The maximum absolute atomic E-state index is 12.5. The highest BCUT2D eigenvalue weighted by Gasteiger charge is 2.31. The average Bonchev–Trinajstić information content (AvgIpc) is 2.83. The molecule has 0 spiro atoms. The van der Waals surface area contributed by atoms with Gasteiger partial charge in [0, 0.05) is 25.2 Å². The van der Waals surface area contributed by atoms with Gasteiger partial charge in [-0.2, -0.15) is 5.10 Å². The normalized spacial score (nSPS) is 20.1. The summed E-state index contributed by atoms with van der Waals surface area (Å²) in [5, 5.41) is 16.8. The van der Waals surface area contributed by atoms with Gasteiger partial charge in [-0.05, 0) is 26.0 Å². The van der Waals surface area contributed by atoms with Crippen molar-refractivity contribution in [2.45, 2.75) is 39.0 Å². The molecule has 1 amide bonds. The quantitative estimate of drug-likeness (QED) is 0.895. The second-order valence-electron chi connectivity index (χ2n) is 5.78. The van der Waals surface area contributed by atoms with Crippen molar-refractivity contribution in [3.63, 3.8) is 0 Å². The van der Waals surface area contributed by atoms with E-state index in [1.165, 1.54) is 6.07 Å². The Bertz CT molecular complexity index is 741. The molecular weight excluding hydrogens is 296 g/mol. The lowest BCUT2D eigenvalue weighted by molar-refractivity contribution is -0.00903. The Kier molecular flexibility index (Phi) is 4.04. The Morgan fingerprint density at radius 1 is 1.52 bits per heavy atom. The maximum Gasteiger partial charge on any atom is 0.272 e. The molecule has 0 saturated carbocycles. The van der Waals surface area contributed by atoms with Crippen LogP contribution in [0, 0.1) is 0 Å². The summed E-state index contributed by atoms with van der Waals surface area (Å²) in [7, 11) is 1.82. The van der Waals surface area contributed by atoms with E-state index in [0.717, 1.165) is 11.3 Å². The van der Waals surface area contributed by atoms with Crippen molar-refractivity contribution in [3.8, 4) is 5.75 Å². The third kappa shape index (κ3) is 2.92. The van der Waals surface area contributed by atoms with Gasteiger partial charge in [0.05, 0.1) is 24.4 Å². The molecule has 3 rings (SSSR count). The Morgan fingerprint density at radius 3 is 3.04 bits per heavy atom. The Hall–Kier alpha value is -2.41. The third-order valence-corrected chi connectivity index (χ3v) is 4.00. The number of ether oxygens (including phenoxy) is 1. The van der Waals surface area contributed by atoms with Gasteiger partial charge in [-0.15, -0.1) is 0 Å². The highest BCUT2D eigenvalue weighted by atomic mass is 16.5. The van der Waals surface area contributed by atoms with Crippen LogP contribution in [0.1, 0.15) is 47.4 Å². The molecule has 2 aromatic rings. The van der Waals surface area contributed by atoms with Crippen LogP contribution in [0.5, 0.6) is 5.75 Å². The second kappa shape index (κ2) is 6.00. The number of nitrogens with zero attached hydrogens (tertiary/aromatic N) is 3. The van der Waals surface area contributed by atoms with Gasteiger partial charge in [-0.1, -0.05) is 0 Å². The molecule has 2 atom stereocenters. The van der Waals surface area contributed by atoms with E-state index in [2.05, 4.69) is 15.4 Å². The minimum absolute atomic E-state index is 0.0492. The first-order valence-electron chi connectivity index (χ1n) is 7.59. The van der Waals surface area contributed by atoms with Gasteiger partial charge in [0.25, 0.3) is 5.91 Å². The number of rotatable bonds is 3. The number of aromatic hydroxyl groups is 1. The summed E-state index contributed by atoms with van der Waals surface area (Å²) in [5.74, 6) is -0.209. The molecule has 0 aliphatic carbocycles. The number of amides is 1. The van der Waals surface area contributed by atoms with Crippen molar-refractivity contribution in [1.82, 2.24) is 20.1 Å². The van der Waals surface area contributed by atoms with Crippen molar-refractivity contribution in [2.75, 3.05) is 0 Å². The number of hydrogen-bond donors (Lipinski definition) is 2. The predicted octanol–water partition coefficient (Wildman–Crippen LogP) is 1.47. The summed E-state index contributed by atoms with van der Waals surface area (Å²) in [4.78, 5) is 16.5. The molecule has 0 radical (unpaired) electrons. The van der Waals surface area contributed by atoms with Crippen molar-refractivity contribution in [1.29, 1.82) is 0 Å². The number of carbonyl (C=O) groups excluding carboxylic acids is 1. The van der Waals surface area contributed by atoms with Crippen LogP contribution in [0.4, 0.5) is 0 Å². The number of nitrogens with one attached hydrogen (secondary N) is 1. The fourth-order valence-electron chi connectivity index (χ4n) is 3.03. The van der Waals surface area contributed by atoms with Gasteiger partial charge >= 0.3 is 0 Å². The summed E-state index contributed by atoms with van der Waals surface area (Å²) in [6.45, 7) is 4.10. The number of hydrogen-bond acceptors (Lipinski definition) is 5. The zero-order chi connectivity index (χ0) is 16.6. The molecule has 1 aliphatic heterocycles. The van der Waals surface area contributed by atoms with Crippen molar-refractivity contribution in [2.24, 2.45) is 7.05 Å². The van der Waals surface area contributed by atoms with Gasteiger partial charge in [0.1, 0.15) is 11.4 Å². The van der Waals surface area contributed by atoms with Crippen molar-refractivity contribution < 1.29 is 14.6 Å². The van der Waals surface area contributed by atoms with Crippen molar-refractivity contribution in [3.05, 3.63) is 41.0 Å². The number of carbonyl (C=O) groups is 1. The van der Waals surface area contributed by atoms with Crippen LogP contribution >= 0.6 is 0 Å². The fraction of sp³-hybridized carbons (Fsp3) is 0.438. The lowest BCUT2D eigenvalue weighted by Crippen LogP contribution is -2.27. The lowest BCUT2D eigenvalue weighted by atomic mass is 9.99. The zero-order valence-electron chi connectivity index (χ0n) is 13.4. The van der Waals surface area contributed by atoms with Gasteiger partial charge in [-0.3, -0.25) is 14.5 Å². The third-order valence-electron chi connectivity index (χ3n) is 4.00. The summed E-state index contributed by atoms with van der Waals surface area (Å²) >= 11 is 0. The number of aromatic nitrogens is 3. The van der Waals surface area contributed by atoms with Crippen LogP contribution in [0.15, 0.2) is 18.3 Å². The van der Waals surface area contributed by atoms with E-state index in [-0.39, 0.29) is 30.4 Å². The van der Waals surface area contributed by atoms with Crippen LogP contribution in [0.2, 0.25) is 0 Å². The predicted molar refractivity (Wildman–Crippen MR) is 82.9 cm³/mol. The molecule has 2 aromatic heterocycles. The molecular formula is C16H20N4O3. The maximum atomic E-state index is 12.5. The number of aryl methyl sites for hydroxylation is 1. The van der Waals surface area contributed by atoms with Crippen LogP contribution in [0.3, 0.4) is 0 Å². The SMILES string of the molecule is C[C@@H]1Cc2c(C(=O)NCc3ncccc3O)nn(C)c2[C@H](C)O1. The molecule has 3 heterocycles. The molecule has 1 aliphatic rings. The van der Waals surface area contributed by atoms with E-state index < -0.39 is 0 Å². The molecule has 0 bridgehead atoms. The minimum Gasteiger partial charge on any atom is -0.506 e. The highest BCUT2D eigenvalue weighted by Crippen LogP contribution is 2.31. The Labute approximate surface area is 134 Å². The van der Waals surface area contributed by atoms with Crippen LogP contribution in [-0.4, -0.2) is 31.9 Å². The van der Waals surface area contributed by atoms with Crippen LogP contribution in [0.25, 0.3) is 0 Å². The van der Waals surface area contributed by atoms with Gasteiger partial charge in [0.2, 0.25) is 0 Å². The van der Waals surface area contributed by atoms with Crippen molar-refractivity contribution >= 4 is 5.91 Å². The summed E-state index contributed by atoms with van der Waals surface area (Å²) < 4.78 is 7.50. The molecule has 0 fully saturated rings. The number of pyridine rings is 1. The van der Waals surface area contributed by atoms with E-state index in [4.69, 9.17) is 4.74 Å². The topological polar surface area (TPSA) is 89.3 Å². The highest BCUT2D eigenvalue weighted by molar-refractivity contribution is 5.94. The first kappa shape index (κ1) is 15.5. The van der Waals surface area contributed by atoms with E-state index in [0.29, 0.717) is 17.8 Å². The molecule has 2 N–H and O–H groups in total. The minimum atomic E-state index is -0.270. The molecule has 7 nitrogen and oxygen atoms in total. The molecule has 122 valence electrons. The average molecular weight is 316 g/mol. The summed E-state index contributed by atoms with van der Waals surface area (Å²) in [6.07, 6.45) is 2.19. The molecule has 0 unspecified atom stereocenters. The van der Waals surface area contributed by atoms with Crippen LogP contribution in [-0.2, 0) is 24.8 Å². The summed E-state index contributed by atoms with van der Waals surface area (Å²) in [6, 6.07) is 3.18. The Morgan fingerprint density at radius 2 is 2.30 bits per heavy atom. The molecule has 0 aromatic carbocycles. The van der Waals surface area contributed by atoms with E-state index in [1.54, 1.807) is 16.9 Å². The molecule has 0 saturated heterocycles. The number of fused-ring (bicyclic) bond motifs is 1. The zero-order valence-corrected chi connectivity index (χ0v) is 13.4. The van der Waals surface area contributed by atoms with E-state index >= 15 is 0 Å². The largest absolute Gasteiger partial charge is 0.506 e. The Balaban J connectivity index is 1.81. The van der Waals surface area contributed by atoms with Gasteiger partial charge in [0.15, 0.2) is 5.69 Å². The molecule has 23 heavy (non-hydrogen) atoms. The lowest BCUT2D eigenvalue weighted by Gasteiger charge is -2.26. The van der Waals surface area contributed by atoms with Gasteiger partial charge < -0.3 is 15.2 Å². The van der Waals surface area contributed by atoms with Gasteiger partial charge in [-0.25, -0.2) is 0 Å². The first-order valence-corrected chi connectivity index (χ1v) is 7.59. The van der Waals surface area contributed by atoms with Crippen LogP contribution < -0.4 is 5.32 Å². The fourth-order valence-corrected chi connectivity index (χ4v) is 3.03. The van der Waals surface area contributed by atoms with E-state index in [1.807, 2.05) is 20.9 Å². The standard InChI is InChI=1S/C16H20N4O3/c1-9-7-11-14(19-20(3)15(11)10(2)23-9)16(22)18-8-12-13(21)5-4-6-17-12/h4-6,9-10,21H,7-8H2,1-3H3,(H,18,22)/t9-,10+/m1/s1. The first-order chi connectivity index (χ1) is 11.0. The summed E-state index contributed by atoms with van der Waals surface area (Å²) in [5.41, 5.74) is 2.71. The van der Waals surface area contributed by atoms with E-state index in [9.17, 15) is 9.90 Å². The second-order valence-corrected chi connectivity index (χ2v) is 5.78. The smallest absolute Gasteiger partial charge is 0.272 e. The monoisotopic (exact) mass is 316 g/mol.